The molecule has 3 N–H and O–H groups in total. The van der Waals surface area contributed by atoms with Gasteiger partial charge in [-0.15, -0.1) is 0 Å². The number of hydrogen-bond donors (Lipinski definition) is 3. The van der Waals surface area contributed by atoms with Gasteiger partial charge in [-0.05, 0) is 60.6 Å². The first kappa shape index (κ1) is 20.6. The Hall–Kier alpha value is -3.28. The van der Waals surface area contributed by atoms with E-state index >= 15 is 0 Å². The maximum Gasteiger partial charge on any atom is 0.145 e. The van der Waals surface area contributed by atoms with Crippen LogP contribution >= 0.6 is 0 Å². The van der Waals surface area contributed by atoms with Crippen LogP contribution in [0.1, 0.15) is 51.4 Å². The number of benzene rings is 2. The second kappa shape index (κ2) is 7.69. The van der Waals surface area contributed by atoms with Crippen LogP contribution in [-0.4, -0.2) is 40.5 Å². The van der Waals surface area contributed by atoms with Crippen LogP contribution in [0.3, 0.4) is 0 Å². The number of hydrogen-bond acceptors (Lipinski definition) is 4. The number of nitrogens with zero attached hydrogens (tertiary/aromatic N) is 3. The molecule has 6 nitrogen and oxygen atoms in total. The van der Waals surface area contributed by atoms with Crippen LogP contribution < -0.4 is 9.80 Å². The Morgan fingerprint density at radius 3 is 2.34 bits per heavy atom. The Balaban J connectivity index is 1.41. The van der Waals surface area contributed by atoms with Crippen LogP contribution in [0.5, 0.6) is 0 Å². The number of rotatable bonds is 3. The van der Waals surface area contributed by atoms with Gasteiger partial charge in [0.05, 0.1) is 23.2 Å². The van der Waals surface area contributed by atoms with Gasteiger partial charge in [-0.2, -0.15) is 0 Å². The highest BCUT2D eigenvalue weighted by Gasteiger charge is 2.31. The molecule has 0 spiro atoms. The van der Waals surface area contributed by atoms with Crippen molar-refractivity contribution in [2.75, 3.05) is 29.4 Å². The number of H-pyrrole nitrogens is 1. The fourth-order valence-corrected chi connectivity index (χ4v) is 4.65. The molecular weight excluding hydrogens is 398 g/mol. The number of nitrogens with one attached hydrogen (secondary N) is 2. The summed E-state index contributed by atoms with van der Waals surface area (Å²) in [6.45, 7) is 9.01. The Kier molecular flexibility index (Phi) is 4.96. The highest BCUT2D eigenvalue weighted by Crippen LogP contribution is 2.33. The van der Waals surface area contributed by atoms with Crippen molar-refractivity contribution in [3.05, 3.63) is 59.6 Å². The SMILES string of the molecule is CC(C)(C)c1ccc(N2CC(O)=C(c3nc4ccc(N5CCCCC5)cc4[nH]3)C2=N)cc1. The minimum atomic E-state index is 0.0733. The molecule has 0 atom stereocenters. The lowest BCUT2D eigenvalue weighted by molar-refractivity contribution is 0.411. The molecule has 0 bridgehead atoms. The molecule has 3 aromatic rings. The summed E-state index contributed by atoms with van der Waals surface area (Å²) in [7, 11) is 0. The molecular formula is C26H31N5O. The Morgan fingerprint density at radius 2 is 1.66 bits per heavy atom. The number of piperidine rings is 1. The predicted octanol–water partition coefficient (Wildman–Crippen LogP) is 5.62. The van der Waals surface area contributed by atoms with Gasteiger partial charge in [-0.25, -0.2) is 4.98 Å². The number of anilines is 2. The Labute approximate surface area is 189 Å². The van der Waals surface area contributed by atoms with Crippen LogP contribution in [0, 0.1) is 5.41 Å². The molecule has 6 heteroatoms. The van der Waals surface area contributed by atoms with E-state index in [-0.39, 0.29) is 23.6 Å². The van der Waals surface area contributed by atoms with Gasteiger partial charge in [0.1, 0.15) is 17.4 Å². The van der Waals surface area contributed by atoms with E-state index < -0.39 is 0 Å². The molecule has 0 radical (unpaired) electrons. The molecule has 3 heterocycles. The van der Waals surface area contributed by atoms with E-state index in [9.17, 15) is 5.11 Å². The van der Waals surface area contributed by atoms with Crippen molar-refractivity contribution in [2.24, 2.45) is 0 Å². The standard InChI is InChI=1S/C26H31N5O/c1-26(2,3)17-7-9-18(10-8-17)31-16-22(32)23(24(31)27)25-28-20-12-11-19(15-21(20)29-25)30-13-5-4-6-14-30/h7-12,15,27,32H,4-6,13-14,16H2,1-3H3,(H,28,29). The van der Waals surface area contributed by atoms with Crippen LogP contribution in [0.2, 0.25) is 0 Å². The van der Waals surface area contributed by atoms with Crippen molar-refractivity contribution in [1.29, 1.82) is 5.41 Å². The van der Waals surface area contributed by atoms with Crippen molar-refractivity contribution in [2.45, 2.75) is 45.4 Å². The van der Waals surface area contributed by atoms with E-state index in [2.05, 4.69) is 54.9 Å². The van der Waals surface area contributed by atoms with Crippen molar-refractivity contribution < 1.29 is 5.11 Å². The Morgan fingerprint density at radius 1 is 0.969 bits per heavy atom. The zero-order valence-corrected chi connectivity index (χ0v) is 19.1. The van der Waals surface area contributed by atoms with Gasteiger partial charge >= 0.3 is 0 Å². The largest absolute Gasteiger partial charge is 0.509 e. The van der Waals surface area contributed by atoms with Crippen LogP contribution in [0.15, 0.2) is 48.2 Å². The normalized spacial score (nSPS) is 17.7. The van der Waals surface area contributed by atoms with Gasteiger partial charge in [0.2, 0.25) is 0 Å². The topological polar surface area (TPSA) is 79.2 Å². The summed E-state index contributed by atoms with van der Waals surface area (Å²) in [5.74, 6) is 0.985. The summed E-state index contributed by atoms with van der Waals surface area (Å²) >= 11 is 0. The van der Waals surface area contributed by atoms with E-state index in [1.54, 1.807) is 0 Å². The predicted molar refractivity (Wildman–Crippen MR) is 132 cm³/mol. The maximum absolute atomic E-state index is 10.7. The molecule has 1 saturated heterocycles. The minimum absolute atomic E-state index is 0.0733. The minimum Gasteiger partial charge on any atom is -0.509 e. The summed E-state index contributed by atoms with van der Waals surface area (Å²) in [4.78, 5) is 12.3. The lowest BCUT2D eigenvalue weighted by atomic mass is 9.87. The lowest BCUT2D eigenvalue weighted by Gasteiger charge is -2.28. The number of aromatic nitrogens is 2. The molecule has 0 unspecified atom stereocenters. The van der Waals surface area contributed by atoms with Crippen molar-refractivity contribution in [3.63, 3.8) is 0 Å². The molecule has 5 rings (SSSR count). The number of imidazole rings is 1. The first-order valence-corrected chi connectivity index (χ1v) is 11.5. The van der Waals surface area contributed by atoms with E-state index in [4.69, 9.17) is 10.4 Å². The number of aromatic amines is 1. The summed E-state index contributed by atoms with van der Waals surface area (Å²) in [5.41, 5.74) is 5.67. The average molecular weight is 430 g/mol. The van der Waals surface area contributed by atoms with Crippen molar-refractivity contribution in [1.82, 2.24) is 9.97 Å². The highest BCUT2D eigenvalue weighted by atomic mass is 16.3. The number of aliphatic hydroxyl groups is 1. The van der Waals surface area contributed by atoms with Crippen molar-refractivity contribution >= 4 is 33.8 Å². The molecule has 0 saturated carbocycles. The fraction of sp³-hybridized carbons (Fsp3) is 0.385. The third kappa shape index (κ3) is 3.64. The molecule has 2 aromatic carbocycles. The number of fused-ring (bicyclic) bond motifs is 1. The molecule has 32 heavy (non-hydrogen) atoms. The van der Waals surface area contributed by atoms with Crippen LogP contribution in [0.25, 0.3) is 16.6 Å². The van der Waals surface area contributed by atoms with Gasteiger partial charge in [0, 0.05) is 24.5 Å². The molecule has 2 aliphatic rings. The van der Waals surface area contributed by atoms with E-state index in [1.807, 2.05) is 23.1 Å². The van der Waals surface area contributed by atoms with Gasteiger partial charge in [0.15, 0.2) is 0 Å². The van der Waals surface area contributed by atoms with E-state index in [0.717, 1.165) is 29.8 Å². The van der Waals surface area contributed by atoms with Gasteiger partial charge in [-0.1, -0.05) is 32.9 Å². The zero-order chi connectivity index (χ0) is 22.5. The molecule has 166 valence electrons. The summed E-state index contributed by atoms with van der Waals surface area (Å²) < 4.78 is 0. The highest BCUT2D eigenvalue weighted by molar-refractivity contribution is 6.30. The van der Waals surface area contributed by atoms with Crippen molar-refractivity contribution in [3.8, 4) is 0 Å². The molecule has 0 aliphatic carbocycles. The summed E-state index contributed by atoms with van der Waals surface area (Å²) in [6.07, 6.45) is 3.77. The molecule has 1 aromatic heterocycles. The second-order valence-corrected chi connectivity index (χ2v) is 9.89. The molecule has 1 fully saturated rings. The fourth-order valence-electron chi connectivity index (χ4n) is 4.65. The van der Waals surface area contributed by atoms with Gasteiger partial charge < -0.3 is 19.9 Å². The molecule has 0 amide bonds. The van der Waals surface area contributed by atoms with E-state index in [1.165, 1.54) is 30.5 Å². The third-order valence-electron chi connectivity index (χ3n) is 6.57. The number of amidine groups is 1. The lowest BCUT2D eigenvalue weighted by Crippen LogP contribution is -2.29. The maximum atomic E-state index is 10.7. The average Bonchev–Trinajstić information content (AvgIpc) is 3.33. The first-order valence-electron chi connectivity index (χ1n) is 11.5. The molecule has 2 aliphatic heterocycles. The second-order valence-electron chi connectivity index (χ2n) is 9.89. The van der Waals surface area contributed by atoms with Crippen LogP contribution in [0.4, 0.5) is 11.4 Å². The van der Waals surface area contributed by atoms with Crippen LogP contribution in [-0.2, 0) is 5.41 Å². The van der Waals surface area contributed by atoms with Gasteiger partial charge in [0.25, 0.3) is 0 Å². The first-order chi connectivity index (χ1) is 15.3. The van der Waals surface area contributed by atoms with E-state index in [0.29, 0.717) is 11.4 Å². The zero-order valence-electron chi connectivity index (χ0n) is 19.1. The number of aliphatic hydroxyl groups excluding tert-OH is 1. The Bertz CT molecular complexity index is 1190. The monoisotopic (exact) mass is 429 g/mol. The summed E-state index contributed by atoms with van der Waals surface area (Å²) in [6, 6.07) is 14.5. The summed E-state index contributed by atoms with van der Waals surface area (Å²) in [5, 5.41) is 19.5. The van der Waals surface area contributed by atoms with Gasteiger partial charge in [-0.3, -0.25) is 5.41 Å². The smallest absolute Gasteiger partial charge is 0.145 e. The third-order valence-corrected chi connectivity index (χ3v) is 6.57. The quantitative estimate of drug-likeness (QED) is 0.505.